The number of hydrogen-bond acceptors (Lipinski definition) is 2. The normalized spacial score (nSPS) is 22.0. The second-order valence-corrected chi connectivity index (χ2v) is 4.84. The average molecular weight is 217 g/mol. The van der Waals surface area contributed by atoms with Gasteiger partial charge < -0.3 is 9.47 Å². The summed E-state index contributed by atoms with van der Waals surface area (Å²) in [5.74, 6) is 0.588. The van der Waals surface area contributed by atoms with E-state index in [0.29, 0.717) is 5.92 Å². The monoisotopic (exact) mass is 217 g/mol. The minimum absolute atomic E-state index is 0.588. The van der Waals surface area contributed by atoms with Gasteiger partial charge in [-0.3, -0.25) is 0 Å². The Bertz CT molecular complexity index is 425. The number of hydrogen-bond donors (Lipinski definition) is 0. The minimum atomic E-state index is 0.588. The predicted octanol–water partition coefficient (Wildman–Crippen LogP) is 2.01. The summed E-state index contributed by atoms with van der Waals surface area (Å²) in [7, 11) is 4.24. The molecule has 0 bridgehead atoms. The zero-order valence-electron chi connectivity index (χ0n) is 10.3. The van der Waals surface area contributed by atoms with Crippen molar-refractivity contribution in [3.63, 3.8) is 0 Å². The Morgan fingerprint density at radius 3 is 2.75 bits per heavy atom. The van der Waals surface area contributed by atoms with Gasteiger partial charge in [0.15, 0.2) is 0 Å². The molecule has 1 fully saturated rings. The van der Waals surface area contributed by atoms with Gasteiger partial charge in [-0.1, -0.05) is 0 Å². The van der Waals surface area contributed by atoms with E-state index in [1.807, 2.05) is 6.92 Å². The Labute approximate surface area is 97.3 Å². The van der Waals surface area contributed by atoms with Gasteiger partial charge in [-0.25, -0.2) is 0 Å². The Morgan fingerprint density at radius 1 is 1.44 bits per heavy atom. The molecule has 1 atom stereocenters. The first-order valence-electron chi connectivity index (χ1n) is 5.88. The quantitative estimate of drug-likeness (QED) is 0.720. The fraction of sp³-hybridized carbons (Fsp3) is 0.615. The van der Waals surface area contributed by atoms with Crippen LogP contribution in [0.15, 0.2) is 6.07 Å². The number of likely N-dealkylation sites (N-methyl/N-ethyl adjacent to an activating group) is 1. The standard InChI is InChI=1S/C13H19N3/c1-10-12(8-14)7-13(16(10)3)11-5-4-6-15(2)9-11/h7,11H,4-6,9H2,1-3H3. The van der Waals surface area contributed by atoms with Crippen LogP contribution in [0.5, 0.6) is 0 Å². The molecule has 0 N–H and O–H groups in total. The van der Waals surface area contributed by atoms with Crippen LogP contribution in [0.2, 0.25) is 0 Å². The highest BCUT2D eigenvalue weighted by Gasteiger charge is 2.22. The number of piperidine rings is 1. The van der Waals surface area contributed by atoms with E-state index in [2.05, 4.69) is 35.7 Å². The second kappa shape index (κ2) is 4.31. The van der Waals surface area contributed by atoms with Crippen molar-refractivity contribution in [2.45, 2.75) is 25.7 Å². The van der Waals surface area contributed by atoms with Crippen LogP contribution in [0.3, 0.4) is 0 Å². The van der Waals surface area contributed by atoms with Crippen molar-refractivity contribution in [1.29, 1.82) is 5.26 Å². The van der Waals surface area contributed by atoms with E-state index in [-0.39, 0.29) is 0 Å². The van der Waals surface area contributed by atoms with Crippen LogP contribution in [0.25, 0.3) is 0 Å². The molecule has 0 saturated carbocycles. The SMILES string of the molecule is Cc1c(C#N)cc(C2CCCN(C)C2)n1C. The Kier molecular flexibility index (Phi) is 3.02. The van der Waals surface area contributed by atoms with Crippen LogP contribution in [-0.2, 0) is 7.05 Å². The summed E-state index contributed by atoms with van der Waals surface area (Å²) in [5, 5.41) is 9.03. The van der Waals surface area contributed by atoms with Crippen molar-refractivity contribution in [3.05, 3.63) is 23.0 Å². The molecule has 16 heavy (non-hydrogen) atoms. The molecule has 1 aromatic heterocycles. The predicted molar refractivity (Wildman–Crippen MR) is 64.3 cm³/mol. The zero-order chi connectivity index (χ0) is 11.7. The third kappa shape index (κ3) is 1.85. The molecule has 0 radical (unpaired) electrons. The summed E-state index contributed by atoms with van der Waals surface area (Å²) < 4.78 is 2.18. The van der Waals surface area contributed by atoms with Gasteiger partial charge in [-0.15, -0.1) is 0 Å². The number of nitriles is 1. The van der Waals surface area contributed by atoms with E-state index in [1.165, 1.54) is 25.1 Å². The van der Waals surface area contributed by atoms with Crippen molar-refractivity contribution >= 4 is 0 Å². The van der Waals surface area contributed by atoms with Crippen LogP contribution in [0, 0.1) is 18.3 Å². The van der Waals surface area contributed by atoms with E-state index in [1.54, 1.807) is 0 Å². The van der Waals surface area contributed by atoms with E-state index < -0.39 is 0 Å². The van der Waals surface area contributed by atoms with E-state index in [9.17, 15) is 0 Å². The van der Waals surface area contributed by atoms with E-state index in [0.717, 1.165) is 17.8 Å². The summed E-state index contributed by atoms with van der Waals surface area (Å²) in [6.07, 6.45) is 2.50. The first-order chi connectivity index (χ1) is 7.63. The lowest BCUT2D eigenvalue weighted by Crippen LogP contribution is -2.31. The van der Waals surface area contributed by atoms with Crippen molar-refractivity contribution in [2.75, 3.05) is 20.1 Å². The molecule has 0 aliphatic carbocycles. The van der Waals surface area contributed by atoms with E-state index in [4.69, 9.17) is 5.26 Å². The Morgan fingerprint density at radius 2 is 2.19 bits per heavy atom. The maximum Gasteiger partial charge on any atom is 0.101 e. The number of aromatic nitrogens is 1. The lowest BCUT2D eigenvalue weighted by molar-refractivity contribution is 0.246. The highest BCUT2D eigenvalue weighted by Crippen LogP contribution is 2.28. The maximum atomic E-state index is 9.03. The first kappa shape index (κ1) is 11.2. The first-order valence-corrected chi connectivity index (χ1v) is 5.88. The summed E-state index contributed by atoms with van der Waals surface area (Å²) in [5.41, 5.74) is 3.23. The highest BCUT2D eigenvalue weighted by molar-refractivity contribution is 5.38. The van der Waals surface area contributed by atoms with Crippen LogP contribution < -0.4 is 0 Å². The summed E-state index contributed by atoms with van der Waals surface area (Å²) in [6.45, 7) is 4.34. The van der Waals surface area contributed by atoms with Gasteiger partial charge in [-0.2, -0.15) is 5.26 Å². The largest absolute Gasteiger partial charge is 0.350 e. The number of nitrogens with zero attached hydrogens (tertiary/aromatic N) is 3. The third-order valence-electron chi connectivity index (χ3n) is 3.74. The molecule has 86 valence electrons. The third-order valence-corrected chi connectivity index (χ3v) is 3.74. The Balaban J connectivity index is 2.30. The van der Waals surface area contributed by atoms with Crippen LogP contribution >= 0.6 is 0 Å². The molecule has 1 unspecified atom stereocenters. The fourth-order valence-corrected chi connectivity index (χ4v) is 2.64. The Hall–Kier alpha value is -1.27. The molecule has 3 heteroatoms. The molecule has 3 nitrogen and oxygen atoms in total. The molecule has 2 heterocycles. The number of likely N-dealkylation sites (tertiary alicyclic amines) is 1. The van der Waals surface area contributed by atoms with Gasteiger partial charge in [0.1, 0.15) is 6.07 Å². The maximum absolute atomic E-state index is 9.03. The summed E-state index contributed by atoms with van der Waals surface area (Å²) in [4.78, 5) is 2.38. The van der Waals surface area contributed by atoms with Crippen LogP contribution in [0.4, 0.5) is 0 Å². The van der Waals surface area contributed by atoms with Gasteiger partial charge in [0.05, 0.1) is 5.56 Å². The minimum Gasteiger partial charge on any atom is -0.350 e. The molecule has 1 aliphatic rings. The molecular formula is C13H19N3. The highest BCUT2D eigenvalue weighted by atomic mass is 15.1. The lowest BCUT2D eigenvalue weighted by Gasteiger charge is -2.30. The molecule has 0 spiro atoms. The van der Waals surface area contributed by atoms with Gasteiger partial charge >= 0.3 is 0 Å². The van der Waals surface area contributed by atoms with Gasteiger partial charge in [0.2, 0.25) is 0 Å². The molecule has 0 aromatic carbocycles. The topological polar surface area (TPSA) is 32.0 Å². The molecule has 2 rings (SSSR count). The van der Waals surface area contributed by atoms with Crippen molar-refractivity contribution in [1.82, 2.24) is 9.47 Å². The van der Waals surface area contributed by atoms with Gasteiger partial charge in [0.25, 0.3) is 0 Å². The molecule has 1 aliphatic heterocycles. The fourth-order valence-electron chi connectivity index (χ4n) is 2.64. The van der Waals surface area contributed by atoms with Crippen molar-refractivity contribution in [3.8, 4) is 6.07 Å². The molecule has 1 saturated heterocycles. The van der Waals surface area contributed by atoms with Crippen LogP contribution in [0.1, 0.15) is 35.7 Å². The van der Waals surface area contributed by atoms with Gasteiger partial charge in [-0.05, 0) is 39.4 Å². The average Bonchev–Trinajstić information content (AvgIpc) is 2.56. The van der Waals surface area contributed by atoms with Gasteiger partial charge in [0, 0.05) is 30.9 Å². The molecule has 0 amide bonds. The lowest BCUT2D eigenvalue weighted by atomic mass is 9.95. The second-order valence-electron chi connectivity index (χ2n) is 4.84. The molecule has 1 aromatic rings. The van der Waals surface area contributed by atoms with E-state index >= 15 is 0 Å². The number of rotatable bonds is 1. The summed E-state index contributed by atoms with van der Waals surface area (Å²) in [6, 6.07) is 4.34. The van der Waals surface area contributed by atoms with Crippen molar-refractivity contribution < 1.29 is 0 Å². The molecular weight excluding hydrogens is 198 g/mol. The zero-order valence-corrected chi connectivity index (χ0v) is 10.3. The van der Waals surface area contributed by atoms with Crippen molar-refractivity contribution in [2.24, 2.45) is 7.05 Å². The van der Waals surface area contributed by atoms with Crippen LogP contribution in [-0.4, -0.2) is 29.6 Å². The smallest absolute Gasteiger partial charge is 0.101 e. The summed E-state index contributed by atoms with van der Waals surface area (Å²) >= 11 is 0.